The molecule has 18 heavy (non-hydrogen) atoms. The van der Waals surface area contributed by atoms with Crippen molar-refractivity contribution in [2.24, 2.45) is 11.5 Å². The summed E-state index contributed by atoms with van der Waals surface area (Å²) in [6.45, 7) is 0. The van der Waals surface area contributed by atoms with E-state index in [1.54, 1.807) is 0 Å². The van der Waals surface area contributed by atoms with Gasteiger partial charge in [-0.3, -0.25) is 0 Å². The first-order valence-electron chi connectivity index (χ1n) is 6.66. The zero-order chi connectivity index (χ0) is 13.5. The summed E-state index contributed by atoms with van der Waals surface area (Å²) in [6.07, 6.45) is 4.43. The highest BCUT2D eigenvalue weighted by Gasteiger charge is 2.25. The maximum atomic E-state index is 9.86. The molecule has 1 saturated carbocycles. The number of halogens is 1. The molecule has 6 N–H and O–H groups in total. The third-order valence-corrected chi connectivity index (χ3v) is 3.94. The first kappa shape index (κ1) is 16.6. The average molecular weight is 372 g/mol. The van der Waals surface area contributed by atoms with Gasteiger partial charge in [-0.25, -0.2) is 0 Å². The van der Waals surface area contributed by atoms with Crippen molar-refractivity contribution in [3.05, 3.63) is 0 Å². The first-order chi connectivity index (χ1) is 8.49. The summed E-state index contributed by atoms with van der Waals surface area (Å²) in [5, 5.41) is 19.4. The van der Waals surface area contributed by atoms with Crippen LogP contribution in [0.4, 0.5) is 0 Å². The molecule has 0 radical (unpaired) electrons. The van der Waals surface area contributed by atoms with E-state index in [1.807, 2.05) is 0 Å². The summed E-state index contributed by atoms with van der Waals surface area (Å²) < 4.78 is 5.66. The molecule has 5 nitrogen and oxygen atoms in total. The van der Waals surface area contributed by atoms with Gasteiger partial charge >= 0.3 is 0 Å². The van der Waals surface area contributed by atoms with E-state index >= 15 is 0 Å². The third-order valence-electron chi connectivity index (χ3n) is 3.31. The van der Waals surface area contributed by atoms with Gasteiger partial charge in [0.1, 0.15) is 0 Å². The zero-order valence-electron chi connectivity index (χ0n) is 10.7. The van der Waals surface area contributed by atoms with E-state index in [2.05, 4.69) is 22.6 Å². The fraction of sp³-hybridized carbons (Fsp3) is 1.00. The predicted octanol–water partition coefficient (Wildman–Crippen LogP) is 0.842. The van der Waals surface area contributed by atoms with Gasteiger partial charge < -0.3 is 26.4 Å². The molecule has 0 aliphatic heterocycles. The number of hydrogen-bond acceptors (Lipinski definition) is 5. The summed E-state index contributed by atoms with van der Waals surface area (Å²) in [6, 6.07) is -0.376. The first-order valence-corrected chi connectivity index (χ1v) is 7.90. The highest BCUT2D eigenvalue weighted by atomic mass is 127. The van der Waals surface area contributed by atoms with Crippen LogP contribution in [0.3, 0.4) is 0 Å². The van der Waals surface area contributed by atoms with Crippen LogP contribution in [-0.2, 0) is 4.74 Å². The van der Waals surface area contributed by atoms with Crippen LogP contribution in [-0.4, -0.2) is 38.8 Å². The van der Waals surface area contributed by atoms with Crippen LogP contribution < -0.4 is 11.5 Å². The van der Waals surface area contributed by atoms with Crippen LogP contribution in [0.15, 0.2) is 0 Å². The average Bonchev–Trinajstić information content (AvgIpc) is 2.28. The molecule has 108 valence electrons. The quantitative estimate of drug-likeness (QED) is 0.230. The number of aliphatic hydroxyl groups is 2. The second-order valence-electron chi connectivity index (χ2n) is 5.08. The van der Waals surface area contributed by atoms with Crippen LogP contribution in [0.5, 0.6) is 0 Å². The second kappa shape index (κ2) is 8.65. The topological polar surface area (TPSA) is 102 Å². The number of ether oxygens (including phenoxy) is 1. The maximum absolute atomic E-state index is 9.86. The summed E-state index contributed by atoms with van der Waals surface area (Å²) >= 11 is 2.17. The van der Waals surface area contributed by atoms with Crippen molar-refractivity contribution in [1.29, 1.82) is 0 Å². The minimum absolute atomic E-state index is 0.0679. The molecule has 0 spiro atoms. The lowest BCUT2D eigenvalue weighted by Crippen LogP contribution is -2.40. The molecule has 1 aliphatic rings. The van der Waals surface area contributed by atoms with Crippen LogP contribution >= 0.6 is 22.6 Å². The molecule has 0 aromatic carbocycles. The number of nitrogens with two attached hydrogens (primary N) is 2. The van der Waals surface area contributed by atoms with Crippen molar-refractivity contribution in [1.82, 2.24) is 0 Å². The van der Waals surface area contributed by atoms with Crippen molar-refractivity contribution in [3.8, 4) is 0 Å². The molecule has 1 aliphatic carbocycles. The summed E-state index contributed by atoms with van der Waals surface area (Å²) in [4.78, 5) is 0. The molecule has 0 bridgehead atoms. The Bertz CT molecular complexity index is 231. The van der Waals surface area contributed by atoms with E-state index in [4.69, 9.17) is 16.2 Å². The van der Waals surface area contributed by atoms with E-state index in [-0.39, 0.29) is 22.3 Å². The Morgan fingerprint density at radius 3 is 2.61 bits per heavy atom. The maximum Gasteiger partial charge on any atom is 0.170 e. The Morgan fingerprint density at radius 2 is 2.00 bits per heavy atom. The van der Waals surface area contributed by atoms with E-state index < -0.39 is 6.29 Å². The van der Waals surface area contributed by atoms with E-state index in [0.29, 0.717) is 12.8 Å². The van der Waals surface area contributed by atoms with Crippen LogP contribution in [0, 0.1) is 0 Å². The normalized spacial score (nSPS) is 29.8. The molecule has 0 saturated heterocycles. The van der Waals surface area contributed by atoms with Crippen LogP contribution in [0.2, 0.25) is 0 Å². The van der Waals surface area contributed by atoms with Gasteiger partial charge in [0.25, 0.3) is 0 Å². The smallest absolute Gasteiger partial charge is 0.170 e. The Labute approximate surface area is 122 Å². The fourth-order valence-electron chi connectivity index (χ4n) is 2.23. The summed E-state index contributed by atoms with van der Waals surface area (Å²) in [5.41, 5.74) is 11.5. The van der Waals surface area contributed by atoms with Gasteiger partial charge in [-0.15, -0.1) is 0 Å². The second-order valence-corrected chi connectivity index (χ2v) is 6.68. The molecular weight excluding hydrogens is 347 g/mol. The van der Waals surface area contributed by atoms with Gasteiger partial charge in [0.15, 0.2) is 6.29 Å². The number of aliphatic hydroxyl groups excluding tert-OH is 2. The van der Waals surface area contributed by atoms with Crippen molar-refractivity contribution in [2.75, 3.05) is 0 Å². The van der Waals surface area contributed by atoms with E-state index in [1.165, 1.54) is 0 Å². The molecule has 1 rings (SSSR count). The van der Waals surface area contributed by atoms with Crippen molar-refractivity contribution in [2.45, 2.75) is 73.5 Å². The number of hydrogen-bond donors (Lipinski definition) is 4. The molecule has 1 fully saturated rings. The molecule has 0 unspecified atom stereocenters. The minimum Gasteiger partial charge on any atom is -0.393 e. The highest BCUT2D eigenvalue weighted by molar-refractivity contribution is 14.1. The van der Waals surface area contributed by atoms with Crippen molar-refractivity contribution < 1.29 is 14.9 Å². The van der Waals surface area contributed by atoms with Gasteiger partial charge in [-0.05, 0) is 44.9 Å². The largest absolute Gasteiger partial charge is 0.393 e. The minimum atomic E-state index is -0.939. The number of rotatable bonds is 7. The third kappa shape index (κ3) is 6.63. The van der Waals surface area contributed by atoms with Gasteiger partial charge in [0.05, 0.1) is 22.3 Å². The lowest BCUT2D eigenvalue weighted by atomic mass is 9.95. The Balaban J connectivity index is 2.19. The summed E-state index contributed by atoms with van der Waals surface area (Å²) in [5.74, 6) is 0. The van der Waals surface area contributed by atoms with E-state index in [9.17, 15) is 10.2 Å². The lowest BCUT2D eigenvalue weighted by Gasteiger charge is -2.30. The lowest BCUT2D eigenvalue weighted by molar-refractivity contribution is -0.163. The molecular formula is C12H25IN2O3. The van der Waals surface area contributed by atoms with Crippen molar-refractivity contribution in [3.63, 3.8) is 0 Å². The predicted molar refractivity (Wildman–Crippen MR) is 79.2 cm³/mol. The molecule has 0 aromatic heterocycles. The SMILES string of the molecule is N[C@H](I)CCC[C@@H](N)[C@H](O)O[C@@H]1CCC[C@H](O)C1. The molecule has 0 aromatic rings. The molecule has 6 heteroatoms. The molecule has 0 amide bonds. The zero-order valence-corrected chi connectivity index (χ0v) is 12.8. The van der Waals surface area contributed by atoms with Crippen LogP contribution in [0.1, 0.15) is 44.9 Å². The van der Waals surface area contributed by atoms with Gasteiger partial charge in [0, 0.05) is 0 Å². The molecule has 0 heterocycles. The van der Waals surface area contributed by atoms with Crippen molar-refractivity contribution >= 4 is 22.6 Å². The Kier molecular flexibility index (Phi) is 7.97. The Hall–Kier alpha value is 0.530. The number of alkyl halides is 1. The monoisotopic (exact) mass is 372 g/mol. The highest BCUT2D eigenvalue weighted by Crippen LogP contribution is 2.22. The van der Waals surface area contributed by atoms with E-state index in [0.717, 1.165) is 32.1 Å². The summed E-state index contributed by atoms with van der Waals surface area (Å²) in [7, 11) is 0. The van der Waals surface area contributed by atoms with Crippen LogP contribution in [0.25, 0.3) is 0 Å². The fourth-order valence-corrected chi connectivity index (χ4v) is 2.67. The van der Waals surface area contributed by atoms with Gasteiger partial charge in [-0.1, -0.05) is 22.6 Å². The Morgan fingerprint density at radius 1 is 1.28 bits per heavy atom. The standard InChI is InChI=1S/C12H25IN2O3/c13-11(15)6-2-5-10(14)12(17)18-9-4-1-3-8(16)7-9/h8-12,16-17H,1-7,14-15H2/t8-,9+,10+,11-,12+/m0/s1. The molecule has 5 atom stereocenters. The van der Waals surface area contributed by atoms with Gasteiger partial charge in [0.2, 0.25) is 0 Å². The van der Waals surface area contributed by atoms with Gasteiger partial charge in [-0.2, -0.15) is 0 Å².